The molecule has 2 aliphatic heterocycles. The molecule has 0 aromatic heterocycles. The molecule has 0 saturated heterocycles. The van der Waals surface area contributed by atoms with Crippen LogP contribution in [0.1, 0.15) is 40.8 Å². The van der Waals surface area contributed by atoms with Crippen LogP contribution in [0.5, 0.6) is 11.5 Å². The molecule has 1 unspecified atom stereocenters. The molecule has 1 N–H and O–H groups in total. The SMILES string of the molecule is CCc1ccc(C2C(c3ccc(C)cc3)=C(O)C(=O)N2Cc2ccc3c(c2)OCO3)cc1. The van der Waals surface area contributed by atoms with Crippen molar-refractivity contribution in [1.82, 2.24) is 4.90 Å². The van der Waals surface area contributed by atoms with Crippen molar-refractivity contribution in [3.63, 3.8) is 0 Å². The van der Waals surface area contributed by atoms with Gasteiger partial charge in [0.2, 0.25) is 6.79 Å². The lowest BCUT2D eigenvalue weighted by Crippen LogP contribution is -2.29. The molecule has 0 aliphatic carbocycles. The number of carbonyl (C=O) groups is 1. The van der Waals surface area contributed by atoms with Crippen LogP contribution < -0.4 is 9.47 Å². The topological polar surface area (TPSA) is 59.0 Å². The Labute approximate surface area is 187 Å². The molecular formula is C27H25NO4. The van der Waals surface area contributed by atoms with Gasteiger partial charge < -0.3 is 19.5 Å². The predicted molar refractivity (Wildman–Crippen MR) is 122 cm³/mol. The van der Waals surface area contributed by atoms with Gasteiger partial charge in [0.1, 0.15) is 0 Å². The summed E-state index contributed by atoms with van der Waals surface area (Å²) < 4.78 is 10.9. The first-order valence-corrected chi connectivity index (χ1v) is 10.8. The van der Waals surface area contributed by atoms with Crippen LogP contribution in [0.4, 0.5) is 0 Å². The van der Waals surface area contributed by atoms with Crippen LogP contribution in [-0.2, 0) is 17.8 Å². The molecule has 0 saturated carbocycles. The van der Waals surface area contributed by atoms with Crippen molar-refractivity contribution >= 4 is 11.5 Å². The summed E-state index contributed by atoms with van der Waals surface area (Å²) in [6.07, 6.45) is 0.941. The minimum atomic E-state index is -0.387. The zero-order chi connectivity index (χ0) is 22.2. The third-order valence-corrected chi connectivity index (χ3v) is 6.16. The first kappa shape index (κ1) is 20.2. The van der Waals surface area contributed by atoms with E-state index in [0.717, 1.165) is 28.7 Å². The average molecular weight is 428 g/mol. The number of hydrogen-bond donors (Lipinski definition) is 1. The number of fused-ring (bicyclic) bond motifs is 1. The smallest absolute Gasteiger partial charge is 0.290 e. The lowest BCUT2D eigenvalue weighted by molar-refractivity contribution is -0.130. The van der Waals surface area contributed by atoms with Gasteiger partial charge in [-0.2, -0.15) is 0 Å². The van der Waals surface area contributed by atoms with E-state index in [2.05, 4.69) is 31.2 Å². The average Bonchev–Trinajstić information content (AvgIpc) is 3.38. The second-order valence-electron chi connectivity index (χ2n) is 8.25. The molecule has 5 rings (SSSR count). The van der Waals surface area contributed by atoms with Crippen molar-refractivity contribution < 1.29 is 19.4 Å². The van der Waals surface area contributed by atoms with Crippen molar-refractivity contribution in [3.8, 4) is 11.5 Å². The van der Waals surface area contributed by atoms with Crippen molar-refractivity contribution in [3.05, 3.63) is 100 Å². The number of aliphatic hydroxyl groups excluding tert-OH is 1. The summed E-state index contributed by atoms with van der Waals surface area (Å²) in [5, 5.41) is 11.0. The van der Waals surface area contributed by atoms with Crippen LogP contribution >= 0.6 is 0 Å². The van der Waals surface area contributed by atoms with Crippen molar-refractivity contribution in [2.75, 3.05) is 6.79 Å². The van der Waals surface area contributed by atoms with Crippen LogP contribution in [0.3, 0.4) is 0 Å². The van der Waals surface area contributed by atoms with E-state index in [0.29, 0.717) is 23.6 Å². The largest absolute Gasteiger partial charge is 0.503 e. The summed E-state index contributed by atoms with van der Waals surface area (Å²) in [5.41, 5.74) is 5.72. The third-order valence-electron chi connectivity index (χ3n) is 6.16. The van der Waals surface area contributed by atoms with E-state index in [4.69, 9.17) is 9.47 Å². The number of aliphatic hydroxyl groups is 1. The Balaban J connectivity index is 1.57. The first-order valence-electron chi connectivity index (χ1n) is 10.8. The number of nitrogens with zero attached hydrogens (tertiary/aromatic N) is 1. The van der Waals surface area contributed by atoms with Crippen LogP contribution in [-0.4, -0.2) is 22.7 Å². The van der Waals surface area contributed by atoms with Gasteiger partial charge >= 0.3 is 0 Å². The van der Waals surface area contributed by atoms with Gasteiger partial charge in [-0.3, -0.25) is 4.79 Å². The molecule has 0 radical (unpaired) electrons. The Morgan fingerprint density at radius 1 is 0.938 bits per heavy atom. The first-order chi connectivity index (χ1) is 15.5. The van der Waals surface area contributed by atoms with Crippen molar-refractivity contribution in [2.24, 2.45) is 0 Å². The van der Waals surface area contributed by atoms with E-state index in [1.165, 1.54) is 5.56 Å². The van der Waals surface area contributed by atoms with Gasteiger partial charge in [0.05, 0.1) is 6.04 Å². The van der Waals surface area contributed by atoms with Crippen molar-refractivity contribution in [1.29, 1.82) is 0 Å². The monoisotopic (exact) mass is 427 g/mol. The number of hydrogen-bond acceptors (Lipinski definition) is 4. The van der Waals surface area contributed by atoms with E-state index < -0.39 is 0 Å². The van der Waals surface area contributed by atoms with Gasteiger partial charge in [0, 0.05) is 12.1 Å². The molecule has 2 heterocycles. The molecule has 5 nitrogen and oxygen atoms in total. The van der Waals surface area contributed by atoms with E-state index in [1.54, 1.807) is 4.90 Å². The maximum atomic E-state index is 13.3. The Hall–Kier alpha value is -3.73. The van der Waals surface area contributed by atoms with Crippen LogP contribution in [0.15, 0.2) is 72.5 Å². The fraction of sp³-hybridized carbons (Fsp3) is 0.222. The van der Waals surface area contributed by atoms with Gasteiger partial charge in [-0.1, -0.05) is 67.1 Å². The summed E-state index contributed by atoms with van der Waals surface area (Å²) in [6.45, 7) is 4.68. The molecule has 0 bridgehead atoms. The summed E-state index contributed by atoms with van der Waals surface area (Å²) >= 11 is 0. The van der Waals surface area contributed by atoms with E-state index in [-0.39, 0.29) is 24.5 Å². The quantitative estimate of drug-likeness (QED) is 0.597. The molecule has 3 aromatic carbocycles. The minimum Gasteiger partial charge on any atom is -0.503 e. The standard InChI is InChI=1S/C27H25NO4/c1-3-18-6-11-21(12-7-18)25-24(20-9-4-17(2)5-10-20)26(29)27(30)28(25)15-19-8-13-22-23(14-19)32-16-31-22/h4-14,25,29H,3,15-16H2,1-2H3. The fourth-order valence-electron chi connectivity index (χ4n) is 4.36. The number of aryl methyl sites for hydroxylation is 2. The highest BCUT2D eigenvalue weighted by Crippen LogP contribution is 2.44. The predicted octanol–water partition coefficient (Wildman–Crippen LogP) is 5.34. The Bertz CT molecular complexity index is 1200. The van der Waals surface area contributed by atoms with Gasteiger partial charge in [0.25, 0.3) is 5.91 Å². The lowest BCUT2D eigenvalue weighted by atomic mass is 9.92. The highest BCUT2D eigenvalue weighted by Gasteiger charge is 2.41. The maximum Gasteiger partial charge on any atom is 0.290 e. The van der Waals surface area contributed by atoms with Gasteiger partial charge in [-0.15, -0.1) is 0 Å². The minimum absolute atomic E-state index is 0.195. The Morgan fingerprint density at radius 3 is 2.34 bits per heavy atom. The third kappa shape index (κ3) is 3.50. The molecule has 0 fully saturated rings. The maximum absolute atomic E-state index is 13.3. The highest BCUT2D eigenvalue weighted by atomic mass is 16.7. The second-order valence-corrected chi connectivity index (χ2v) is 8.25. The Kier molecular flexibility index (Phi) is 5.10. The zero-order valence-electron chi connectivity index (χ0n) is 18.2. The molecule has 5 heteroatoms. The van der Waals surface area contributed by atoms with Crippen molar-refractivity contribution in [2.45, 2.75) is 32.9 Å². The number of rotatable bonds is 5. The van der Waals surface area contributed by atoms with Crippen LogP contribution in [0.25, 0.3) is 5.57 Å². The summed E-state index contributed by atoms with van der Waals surface area (Å²) in [7, 11) is 0. The molecule has 1 atom stereocenters. The molecule has 3 aromatic rings. The zero-order valence-corrected chi connectivity index (χ0v) is 18.2. The lowest BCUT2D eigenvalue weighted by Gasteiger charge is -2.28. The second kappa shape index (κ2) is 8.08. The molecule has 32 heavy (non-hydrogen) atoms. The molecule has 162 valence electrons. The van der Waals surface area contributed by atoms with Gasteiger partial charge in [0.15, 0.2) is 17.3 Å². The Morgan fingerprint density at radius 2 is 1.62 bits per heavy atom. The summed E-state index contributed by atoms with van der Waals surface area (Å²) in [6, 6.07) is 21.5. The number of ether oxygens (including phenoxy) is 2. The normalized spacial score (nSPS) is 17.4. The summed E-state index contributed by atoms with van der Waals surface area (Å²) in [5.74, 6) is 0.811. The molecule has 2 aliphatic rings. The summed E-state index contributed by atoms with van der Waals surface area (Å²) in [4.78, 5) is 15.0. The molecule has 0 spiro atoms. The highest BCUT2D eigenvalue weighted by molar-refractivity contribution is 6.05. The van der Waals surface area contributed by atoms with Crippen LogP contribution in [0.2, 0.25) is 0 Å². The fourth-order valence-corrected chi connectivity index (χ4v) is 4.36. The molecular weight excluding hydrogens is 402 g/mol. The van der Waals surface area contributed by atoms with Crippen LogP contribution in [0, 0.1) is 6.92 Å². The van der Waals surface area contributed by atoms with E-state index in [9.17, 15) is 9.90 Å². The number of carbonyl (C=O) groups excluding carboxylic acids is 1. The molecule has 1 amide bonds. The number of benzene rings is 3. The van der Waals surface area contributed by atoms with Gasteiger partial charge in [-0.25, -0.2) is 0 Å². The van der Waals surface area contributed by atoms with E-state index in [1.807, 2.05) is 49.4 Å². The van der Waals surface area contributed by atoms with Gasteiger partial charge in [-0.05, 0) is 47.7 Å². The van der Waals surface area contributed by atoms with E-state index >= 15 is 0 Å². The number of amides is 1.